The molecule has 1 fully saturated rings. The maximum absolute atomic E-state index is 12.0. The van der Waals surface area contributed by atoms with Crippen LogP contribution < -0.4 is 20.7 Å². The predicted molar refractivity (Wildman–Crippen MR) is 101 cm³/mol. The van der Waals surface area contributed by atoms with Crippen molar-refractivity contribution in [2.45, 2.75) is 24.9 Å². The summed E-state index contributed by atoms with van der Waals surface area (Å²) in [5.74, 6) is 0.685. The molecular weight excluding hydrogens is 353 g/mol. The molecule has 6 nitrogen and oxygen atoms in total. The standard InChI is InChI=1S/C16H25N3O3.2ClH/c1-21-11-15(17)16(20)18-12-5-4-8-19(10-12)13-6-3-7-14(9-13)22-2;;/h3,6-7,9,12,15H,4-5,8,10-11,17H2,1-2H3,(H,18,20);2*1H. The Morgan fingerprint density at radius 2 is 2.17 bits per heavy atom. The van der Waals surface area contributed by atoms with Crippen molar-refractivity contribution in [3.63, 3.8) is 0 Å². The molecule has 0 saturated carbocycles. The van der Waals surface area contributed by atoms with Gasteiger partial charge in [0.2, 0.25) is 5.91 Å². The van der Waals surface area contributed by atoms with E-state index < -0.39 is 6.04 Å². The molecule has 2 rings (SSSR count). The van der Waals surface area contributed by atoms with Gasteiger partial charge in [-0.2, -0.15) is 0 Å². The quantitative estimate of drug-likeness (QED) is 0.784. The van der Waals surface area contributed by atoms with Crippen molar-refractivity contribution in [3.05, 3.63) is 24.3 Å². The number of nitrogens with zero attached hydrogens (tertiary/aromatic N) is 1. The van der Waals surface area contributed by atoms with Gasteiger partial charge < -0.3 is 25.4 Å². The largest absolute Gasteiger partial charge is 0.497 e. The number of nitrogens with one attached hydrogen (secondary N) is 1. The Kier molecular flexibility index (Phi) is 10.8. The molecule has 0 radical (unpaired) electrons. The SMILES string of the molecule is COCC(N)C(=O)NC1CCCN(c2cccc(OC)c2)C1.Cl.Cl. The Balaban J connectivity index is 0.00000264. The molecule has 3 N–H and O–H groups in total. The van der Waals surface area contributed by atoms with Crippen molar-refractivity contribution >= 4 is 36.4 Å². The average Bonchev–Trinajstić information content (AvgIpc) is 2.55. The molecule has 1 amide bonds. The van der Waals surface area contributed by atoms with Gasteiger partial charge in [-0.05, 0) is 25.0 Å². The van der Waals surface area contributed by atoms with Crippen LogP contribution in [0.2, 0.25) is 0 Å². The molecule has 1 aromatic rings. The van der Waals surface area contributed by atoms with E-state index in [1.54, 1.807) is 7.11 Å². The van der Waals surface area contributed by atoms with E-state index in [2.05, 4.69) is 16.3 Å². The van der Waals surface area contributed by atoms with E-state index in [1.807, 2.05) is 18.2 Å². The summed E-state index contributed by atoms with van der Waals surface area (Å²) >= 11 is 0. The van der Waals surface area contributed by atoms with Crippen LogP contribution in [0.4, 0.5) is 5.69 Å². The topological polar surface area (TPSA) is 76.8 Å². The molecule has 1 aliphatic heterocycles. The van der Waals surface area contributed by atoms with Crippen molar-refractivity contribution < 1.29 is 14.3 Å². The minimum absolute atomic E-state index is 0. The molecule has 24 heavy (non-hydrogen) atoms. The van der Waals surface area contributed by atoms with Gasteiger partial charge in [0.25, 0.3) is 0 Å². The fourth-order valence-corrected chi connectivity index (χ4v) is 2.70. The van der Waals surface area contributed by atoms with Crippen LogP contribution in [0.15, 0.2) is 24.3 Å². The summed E-state index contributed by atoms with van der Waals surface area (Å²) < 4.78 is 10.2. The van der Waals surface area contributed by atoms with Crippen LogP contribution >= 0.6 is 24.8 Å². The number of rotatable bonds is 6. The summed E-state index contributed by atoms with van der Waals surface area (Å²) in [7, 11) is 3.20. The van der Waals surface area contributed by atoms with Gasteiger partial charge in [0, 0.05) is 38.0 Å². The molecule has 0 spiro atoms. The minimum Gasteiger partial charge on any atom is -0.497 e. The number of hydrogen-bond acceptors (Lipinski definition) is 5. The van der Waals surface area contributed by atoms with Crippen LogP contribution in [0.1, 0.15) is 12.8 Å². The zero-order valence-corrected chi connectivity index (χ0v) is 15.7. The lowest BCUT2D eigenvalue weighted by Gasteiger charge is -2.35. The maximum Gasteiger partial charge on any atom is 0.239 e. The lowest BCUT2D eigenvalue weighted by molar-refractivity contribution is -0.124. The van der Waals surface area contributed by atoms with E-state index in [0.29, 0.717) is 0 Å². The number of methoxy groups -OCH3 is 2. The number of amides is 1. The second-order valence-electron chi connectivity index (χ2n) is 5.56. The summed E-state index contributed by atoms with van der Waals surface area (Å²) in [6.07, 6.45) is 1.99. The molecule has 0 bridgehead atoms. The third-order valence-corrected chi connectivity index (χ3v) is 3.87. The Hall–Kier alpha value is -1.21. The summed E-state index contributed by atoms with van der Waals surface area (Å²) in [5, 5.41) is 3.01. The number of benzene rings is 1. The Morgan fingerprint density at radius 3 is 2.83 bits per heavy atom. The highest BCUT2D eigenvalue weighted by Crippen LogP contribution is 2.24. The summed E-state index contributed by atoms with van der Waals surface area (Å²) in [4.78, 5) is 14.3. The molecule has 0 aromatic heterocycles. The van der Waals surface area contributed by atoms with E-state index in [1.165, 1.54) is 7.11 Å². The van der Waals surface area contributed by atoms with Gasteiger partial charge in [-0.25, -0.2) is 0 Å². The second-order valence-corrected chi connectivity index (χ2v) is 5.56. The average molecular weight is 380 g/mol. The van der Waals surface area contributed by atoms with Crippen molar-refractivity contribution in [3.8, 4) is 5.75 Å². The van der Waals surface area contributed by atoms with Crippen LogP contribution in [0.5, 0.6) is 5.75 Å². The first kappa shape index (κ1) is 22.8. The highest BCUT2D eigenvalue weighted by molar-refractivity contribution is 5.85. The third-order valence-electron chi connectivity index (χ3n) is 3.87. The Morgan fingerprint density at radius 1 is 1.42 bits per heavy atom. The number of carbonyl (C=O) groups is 1. The summed E-state index contributed by atoms with van der Waals surface area (Å²) in [6, 6.07) is 7.47. The number of ether oxygens (including phenoxy) is 2. The number of anilines is 1. The molecule has 8 heteroatoms. The van der Waals surface area contributed by atoms with Crippen LogP contribution in [0, 0.1) is 0 Å². The van der Waals surface area contributed by atoms with Crippen LogP contribution in [0.3, 0.4) is 0 Å². The molecule has 1 aliphatic rings. The molecule has 1 aromatic carbocycles. The van der Waals surface area contributed by atoms with Crippen LogP contribution in [0.25, 0.3) is 0 Å². The highest BCUT2D eigenvalue weighted by Gasteiger charge is 2.24. The van der Waals surface area contributed by atoms with E-state index in [4.69, 9.17) is 15.2 Å². The van der Waals surface area contributed by atoms with Gasteiger partial charge >= 0.3 is 0 Å². The van der Waals surface area contributed by atoms with Crippen molar-refractivity contribution in [2.75, 3.05) is 38.8 Å². The first-order valence-corrected chi connectivity index (χ1v) is 7.58. The second kappa shape index (κ2) is 11.4. The van der Waals surface area contributed by atoms with E-state index in [9.17, 15) is 4.79 Å². The Labute approximate surface area is 155 Å². The fourth-order valence-electron chi connectivity index (χ4n) is 2.70. The predicted octanol–water partition coefficient (Wildman–Crippen LogP) is 1.60. The molecule has 138 valence electrons. The van der Waals surface area contributed by atoms with Crippen molar-refractivity contribution in [1.29, 1.82) is 0 Å². The molecule has 2 atom stereocenters. The molecule has 0 aliphatic carbocycles. The van der Waals surface area contributed by atoms with Gasteiger partial charge in [0.05, 0.1) is 13.7 Å². The van der Waals surface area contributed by atoms with E-state index >= 15 is 0 Å². The van der Waals surface area contributed by atoms with E-state index in [-0.39, 0.29) is 43.4 Å². The number of piperidine rings is 1. The van der Waals surface area contributed by atoms with Gasteiger partial charge in [-0.15, -0.1) is 24.8 Å². The lowest BCUT2D eigenvalue weighted by Crippen LogP contribution is -2.53. The summed E-state index contributed by atoms with van der Waals surface area (Å²) in [5.41, 5.74) is 6.87. The van der Waals surface area contributed by atoms with Crippen LogP contribution in [-0.2, 0) is 9.53 Å². The van der Waals surface area contributed by atoms with Gasteiger partial charge in [-0.1, -0.05) is 6.07 Å². The van der Waals surface area contributed by atoms with Crippen molar-refractivity contribution in [1.82, 2.24) is 5.32 Å². The number of nitrogens with two attached hydrogens (primary N) is 1. The monoisotopic (exact) mass is 379 g/mol. The first-order chi connectivity index (χ1) is 10.6. The molecular formula is C16H27Cl2N3O3. The third kappa shape index (κ3) is 6.36. The van der Waals surface area contributed by atoms with Crippen LogP contribution in [-0.4, -0.2) is 51.9 Å². The summed E-state index contributed by atoms with van der Waals surface area (Å²) in [6.45, 7) is 1.99. The molecule has 1 saturated heterocycles. The lowest BCUT2D eigenvalue weighted by atomic mass is 10.0. The number of carbonyl (C=O) groups excluding carboxylic acids is 1. The van der Waals surface area contributed by atoms with Crippen molar-refractivity contribution in [2.24, 2.45) is 5.73 Å². The normalized spacial score (nSPS) is 18.0. The zero-order valence-electron chi connectivity index (χ0n) is 14.1. The number of hydrogen-bond donors (Lipinski definition) is 2. The maximum atomic E-state index is 12.0. The molecule has 2 unspecified atom stereocenters. The van der Waals surface area contributed by atoms with Gasteiger partial charge in [-0.3, -0.25) is 4.79 Å². The van der Waals surface area contributed by atoms with E-state index in [0.717, 1.165) is 37.4 Å². The molecule has 1 heterocycles. The smallest absolute Gasteiger partial charge is 0.239 e. The fraction of sp³-hybridized carbons (Fsp3) is 0.562. The zero-order chi connectivity index (χ0) is 15.9. The minimum atomic E-state index is -0.614. The van der Waals surface area contributed by atoms with Gasteiger partial charge in [0.1, 0.15) is 11.8 Å². The number of halogens is 2. The van der Waals surface area contributed by atoms with Gasteiger partial charge in [0.15, 0.2) is 0 Å². The Bertz CT molecular complexity index is 505. The highest BCUT2D eigenvalue weighted by atomic mass is 35.5. The first-order valence-electron chi connectivity index (χ1n) is 7.58.